The molecule has 0 bridgehead atoms. The van der Waals surface area contributed by atoms with Crippen molar-refractivity contribution in [2.45, 2.75) is 65.0 Å². The molecule has 1 aliphatic carbocycles. The van der Waals surface area contributed by atoms with Gasteiger partial charge in [0, 0.05) is 18.0 Å². The van der Waals surface area contributed by atoms with Crippen LogP contribution in [-0.2, 0) is 24.2 Å². The van der Waals surface area contributed by atoms with Gasteiger partial charge in [-0.3, -0.25) is 9.69 Å². The Morgan fingerprint density at radius 2 is 1.85 bits per heavy atom. The minimum atomic E-state index is 0.0939. The summed E-state index contributed by atoms with van der Waals surface area (Å²) in [4.78, 5) is 20.2. The highest BCUT2D eigenvalue weighted by Gasteiger charge is 2.29. The molecule has 1 aliphatic heterocycles. The molecule has 5 rings (SSSR count). The van der Waals surface area contributed by atoms with E-state index in [2.05, 4.69) is 65.7 Å². The maximum Gasteiger partial charge on any atom is 0.226 e. The van der Waals surface area contributed by atoms with Crippen LogP contribution in [0.5, 0.6) is 0 Å². The third kappa shape index (κ3) is 4.95. The van der Waals surface area contributed by atoms with E-state index in [0.717, 1.165) is 75.2 Å². The molecule has 5 nitrogen and oxygen atoms in total. The van der Waals surface area contributed by atoms with Gasteiger partial charge in [-0.1, -0.05) is 43.3 Å². The van der Waals surface area contributed by atoms with Crippen molar-refractivity contribution in [1.82, 2.24) is 15.2 Å². The lowest BCUT2D eigenvalue weighted by molar-refractivity contribution is -0.127. The normalized spacial score (nSPS) is 19.1. The first kappa shape index (κ1) is 22.9. The molecule has 1 fully saturated rings. The number of oxazole rings is 1. The summed E-state index contributed by atoms with van der Waals surface area (Å²) >= 11 is 0. The Morgan fingerprint density at radius 1 is 1.09 bits per heavy atom. The van der Waals surface area contributed by atoms with Gasteiger partial charge in [-0.15, -0.1) is 0 Å². The number of amides is 1. The molecule has 1 amide bonds. The van der Waals surface area contributed by atoms with Crippen molar-refractivity contribution >= 4 is 5.91 Å². The van der Waals surface area contributed by atoms with E-state index < -0.39 is 0 Å². The number of hydrogen-bond acceptors (Lipinski definition) is 4. The zero-order valence-corrected chi connectivity index (χ0v) is 20.3. The molecule has 2 heterocycles. The van der Waals surface area contributed by atoms with E-state index in [9.17, 15) is 4.79 Å². The third-order valence-electron chi connectivity index (χ3n) is 7.52. The molecule has 34 heavy (non-hydrogen) atoms. The van der Waals surface area contributed by atoms with E-state index in [1.165, 1.54) is 16.7 Å². The molecule has 0 unspecified atom stereocenters. The van der Waals surface area contributed by atoms with Crippen LogP contribution < -0.4 is 5.32 Å². The Hall–Kier alpha value is -2.92. The minimum absolute atomic E-state index is 0.0939. The summed E-state index contributed by atoms with van der Waals surface area (Å²) in [7, 11) is 0. The van der Waals surface area contributed by atoms with Gasteiger partial charge in [0.1, 0.15) is 5.76 Å². The van der Waals surface area contributed by atoms with Gasteiger partial charge in [0.2, 0.25) is 11.8 Å². The lowest BCUT2D eigenvalue weighted by atomic mass is 9.87. The molecule has 1 saturated heterocycles. The van der Waals surface area contributed by atoms with Gasteiger partial charge in [0.05, 0.1) is 11.7 Å². The van der Waals surface area contributed by atoms with Crippen LogP contribution in [0.3, 0.4) is 0 Å². The van der Waals surface area contributed by atoms with Gasteiger partial charge in [-0.05, 0) is 87.4 Å². The van der Waals surface area contributed by atoms with Crippen molar-refractivity contribution in [3.8, 4) is 11.5 Å². The third-order valence-corrected chi connectivity index (χ3v) is 7.52. The van der Waals surface area contributed by atoms with E-state index in [-0.39, 0.29) is 17.9 Å². The fourth-order valence-corrected chi connectivity index (χ4v) is 5.34. The standard InChI is InChI=1S/C29H35N3O2/c1-3-21-11-13-24(14-12-21)29-31-27(20(2)34-29)19-32-17-15-23(16-18-32)28(33)30-26-10-6-8-22-7-4-5-9-25(22)26/h4-5,7,9,11-14,23,26H,3,6,8,10,15-19H2,1-2H3,(H,30,33)/t26-/m1/s1. The predicted octanol–water partition coefficient (Wildman–Crippen LogP) is 5.62. The summed E-state index contributed by atoms with van der Waals surface area (Å²) < 4.78 is 5.99. The van der Waals surface area contributed by atoms with Gasteiger partial charge in [-0.25, -0.2) is 4.98 Å². The van der Waals surface area contributed by atoms with Crippen LogP contribution in [0.25, 0.3) is 11.5 Å². The van der Waals surface area contributed by atoms with Gasteiger partial charge in [0.25, 0.3) is 0 Å². The number of carbonyl (C=O) groups excluding carboxylic acids is 1. The summed E-state index contributed by atoms with van der Waals surface area (Å²) in [5.74, 6) is 1.88. The van der Waals surface area contributed by atoms with Crippen LogP contribution in [0.4, 0.5) is 0 Å². The molecular weight excluding hydrogens is 422 g/mol. The summed E-state index contributed by atoms with van der Waals surface area (Å²) in [6.07, 6.45) is 6.11. The molecule has 0 saturated carbocycles. The number of aromatic nitrogens is 1. The fraction of sp³-hybridized carbons (Fsp3) is 0.448. The van der Waals surface area contributed by atoms with E-state index in [1.807, 2.05) is 6.92 Å². The number of hydrogen-bond donors (Lipinski definition) is 1. The van der Waals surface area contributed by atoms with Crippen molar-refractivity contribution < 1.29 is 9.21 Å². The first-order chi connectivity index (χ1) is 16.6. The number of benzene rings is 2. The fourth-order valence-electron chi connectivity index (χ4n) is 5.34. The largest absolute Gasteiger partial charge is 0.441 e. The summed E-state index contributed by atoms with van der Waals surface area (Å²) in [6.45, 7) is 6.74. The molecule has 1 atom stereocenters. The number of aryl methyl sites for hydroxylation is 3. The van der Waals surface area contributed by atoms with Crippen LogP contribution in [0.1, 0.15) is 66.8 Å². The van der Waals surface area contributed by atoms with Gasteiger partial charge < -0.3 is 9.73 Å². The molecular formula is C29H35N3O2. The molecule has 0 radical (unpaired) electrons. The molecule has 1 aromatic heterocycles. The highest BCUT2D eigenvalue weighted by molar-refractivity contribution is 5.79. The second kappa shape index (κ2) is 10.1. The van der Waals surface area contributed by atoms with Crippen LogP contribution in [-0.4, -0.2) is 28.9 Å². The number of fused-ring (bicyclic) bond motifs is 1. The highest BCUT2D eigenvalue weighted by atomic mass is 16.4. The number of likely N-dealkylation sites (tertiary alicyclic amines) is 1. The Labute approximate surface area is 202 Å². The smallest absolute Gasteiger partial charge is 0.226 e. The predicted molar refractivity (Wildman–Crippen MR) is 134 cm³/mol. The first-order valence-corrected chi connectivity index (χ1v) is 12.8. The summed E-state index contributed by atoms with van der Waals surface area (Å²) in [5.41, 5.74) is 6.02. The quantitative estimate of drug-likeness (QED) is 0.522. The Morgan fingerprint density at radius 3 is 2.62 bits per heavy atom. The van der Waals surface area contributed by atoms with Gasteiger partial charge in [0.15, 0.2) is 0 Å². The monoisotopic (exact) mass is 457 g/mol. The first-order valence-electron chi connectivity index (χ1n) is 12.8. The van der Waals surface area contributed by atoms with Crippen LogP contribution in [0, 0.1) is 12.8 Å². The van der Waals surface area contributed by atoms with Gasteiger partial charge >= 0.3 is 0 Å². The number of nitrogens with one attached hydrogen (secondary N) is 1. The molecule has 3 aromatic rings. The van der Waals surface area contributed by atoms with Crippen LogP contribution >= 0.6 is 0 Å². The maximum atomic E-state index is 13.0. The Kier molecular flexibility index (Phi) is 6.82. The molecule has 0 spiro atoms. The molecule has 178 valence electrons. The summed E-state index contributed by atoms with van der Waals surface area (Å²) in [5, 5.41) is 3.36. The average molecular weight is 458 g/mol. The van der Waals surface area contributed by atoms with Crippen LogP contribution in [0.2, 0.25) is 0 Å². The summed E-state index contributed by atoms with van der Waals surface area (Å²) in [6, 6.07) is 17.2. The van der Waals surface area contributed by atoms with Crippen molar-refractivity contribution in [1.29, 1.82) is 0 Å². The number of carbonyl (C=O) groups is 1. The lowest BCUT2D eigenvalue weighted by Crippen LogP contribution is -2.42. The van der Waals surface area contributed by atoms with Crippen molar-refractivity contribution in [2.75, 3.05) is 13.1 Å². The Balaban J connectivity index is 1.15. The maximum absolute atomic E-state index is 13.0. The van der Waals surface area contributed by atoms with Crippen LogP contribution in [0.15, 0.2) is 52.9 Å². The molecule has 2 aliphatic rings. The van der Waals surface area contributed by atoms with E-state index in [0.29, 0.717) is 5.89 Å². The van der Waals surface area contributed by atoms with Crippen molar-refractivity contribution in [3.63, 3.8) is 0 Å². The number of rotatable bonds is 6. The minimum Gasteiger partial charge on any atom is -0.441 e. The van der Waals surface area contributed by atoms with Gasteiger partial charge in [-0.2, -0.15) is 0 Å². The zero-order chi connectivity index (χ0) is 23.5. The lowest BCUT2D eigenvalue weighted by Gasteiger charge is -2.33. The van der Waals surface area contributed by atoms with E-state index in [4.69, 9.17) is 9.40 Å². The number of nitrogens with zero attached hydrogens (tertiary/aromatic N) is 2. The van der Waals surface area contributed by atoms with Crippen molar-refractivity contribution in [2.24, 2.45) is 5.92 Å². The topological polar surface area (TPSA) is 58.4 Å². The zero-order valence-electron chi connectivity index (χ0n) is 20.3. The highest BCUT2D eigenvalue weighted by Crippen LogP contribution is 2.31. The van der Waals surface area contributed by atoms with E-state index in [1.54, 1.807) is 0 Å². The second-order valence-corrected chi connectivity index (χ2v) is 9.78. The Bertz CT molecular complexity index is 1130. The van der Waals surface area contributed by atoms with E-state index >= 15 is 0 Å². The van der Waals surface area contributed by atoms with Crippen molar-refractivity contribution in [3.05, 3.63) is 76.7 Å². The molecule has 2 aromatic carbocycles. The number of piperidine rings is 1. The second-order valence-electron chi connectivity index (χ2n) is 9.78. The SMILES string of the molecule is CCc1ccc(-c2nc(CN3CCC(C(=O)N[C@@H]4CCCc5ccccc54)CC3)c(C)o2)cc1. The average Bonchev–Trinajstić information content (AvgIpc) is 3.24. The molecule has 1 N–H and O–H groups in total. The molecule has 5 heteroatoms.